The van der Waals surface area contributed by atoms with E-state index >= 15 is 0 Å². The molecular weight excluding hydrogens is 298 g/mol. The zero-order valence-corrected chi connectivity index (χ0v) is 14.0. The fourth-order valence-electron chi connectivity index (χ4n) is 4.12. The number of piperidine rings is 1. The molecule has 2 heterocycles. The largest absolute Gasteiger partial charge is 0.484 e. The van der Waals surface area contributed by atoms with Gasteiger partial charge in [-0.05, 0) is 55.5 Å². The van der Waals surface area contributed by atoms with E-state index in [0.717, 1.165) is 38.1 Å². The summed E-state index contributed by atoms with van der Waals surface area (Å²) in [7, 11) is 0. The van der Waals surface area contributed by atoms with Crippen molar-refractivity contribution in [2.75, 3.05) is 13.1 Å². The molecule has 126 valence electrons. The molecule has 0 bridgehead atoms. The highest BCUT2D eigenvalue weighted by atomic mass is 16.5. The van der Waals surface area contributed by atoms with Gasteiger partial charge in [0, 0.05) is 25.0 Å². The van der Waals surface area contributed by atoms with Crippen LogP contribution in [0.4, 0.5) is 0 Å². The summed E-state index contributed by atoms with van der Waals surface area (Å²) in [6, 6.07) is 13.3. The molecule has 0 saturated carbocycles. The maximum atomic E-state index is 6.46. The van der Waals surface area contributed by atoms with Crippen LogP contribution in [0.15, 0.2) is 48.8 Å². The SMILES string of the molecule is N[C@H]1CCCN([C@H]2CCc3ccccc3[C@@H]2Oc2ccncc2)C1. The Kier molecular flexibility index (Phi) is 4.50. The molecule has 2 aromatic rings. The monoisotopic (exact) mass is 323 g/mol. The van der Waals surface area contributed by atoms with E-state index in [0.29, 0.717) is 6.04 Å². The highest BCUT2D eigenvalue weighted by Crippen LogP contribution is 2.37. The number of benzene rings is 1. The lowest BCUT2D eigenvalue weighted by atomic mass is 9.84. The van der Waals surface area contributed by atoms with Gasteiger partial charge in [0.1, 0.15) is 11.9 Å². The average Bonchev–Trinajstić information content (AvgIpc) is 2.63. The number of nitrogens with two attached hydrogens (primary N) is 1. The van der Waals surface area contributed by atoms with Crippen LogP contribution in [0.1, 0.15) is 36.5 Å². The smallest absolute Gasteiger partial charge is 0.139 e. The third kappa shape index (κ3) is 3.17. The van der Waals surface area contributed by atoms with Gasteiger partial charge in [-0.3, -0.25) is 9.88 Å². The van der Waals surface area contributed by atoms with Crippen LogP contribution in [0.3, 0.4) is 0 Å². The van der Waals surface area contributed by atoms with Crippen molar-refractivity contribution in [2.45, 2.75) is 43.9 Å². The third-order valence-corrected chi connectivity index (χ3v) is 5.29. The minimum absolute atomic E-state index is 0.0580. The molecular formula is C20H25N3O. The van der Waals surface area contributed by atoms with Gasteiger partial charge in [-0.15, -0.1) is 0 Å². The first-order valence-corrected chi connectivity index (χ1v) is 8.95. The minimum Gasteiger partial charge on any atom is -0.484 e. The second-order valence-electron chi connectivity index (χ2n) is 6.92. The van der Waals surface area contributed by atoms with Crippen molar-refractivity contribution < 1.29 is 4.74 Å². The number of hydrogen-bond acceptors (Lipinski definition) is 4. The number of likely N-dealkylation sites (tertiary alicyclic amines) is 1. The van der Waals surface area contributed by atoms with E-state index in [1.165, 1.54) is 17.5 Å². The quantitative estimate of drug-likeness (QED) is 0.943. The van der Waals surface area contributed by atoms with E-state index in [4.69, 9.17) is 10.5 Å². The zero-order valence-electron chi connectivity index (χ0n) is 14.0. The number of hydrogen-bond donors (Lipinski definition) is 1. The topological polar surface area (TPSA) is 51.4 Å². The molecule has 4 heteroatoms. The Bertz CT molecular complexity index is 676. The fourth-order valence-corrected chi connectivity index (χ4v) is 4.12. The molecule has 2 N–H and O–H groups in total. The molecule has 4 rings (SSSR count). The first kappa shape index (κ1) is 15.6. The Morgan fingerprint density at radius 3 is 2.75 bits per heavy atom. The molecule has 2 aliphatic rings. The molecule has 0 radical (unpaired) electrons. The van der Waals surface area contributed by atoms with Crippen LogP contribution < -0.4 is 10.5 Å². The first-order valence-electron chi connectivity index (χ1n) is 8.95. The molecule has 1 fully saturated rings. The van der Waals surface area contributed by atoms with E-state index in [1.807, 2.05) is 12.1 Å². The van der Waals surface area contributed by atoms with Gasteiger partial charge < -0.3 is 10.5 Å². The summed E-state index contributed by atoms with van der Waals surface area (Å²) in [5, 5.41) is 0. The number of fused-ring (bicyclic) bond motifs is 1. The van der Waals surface area contributed by atoms with Crippen LogP contribution in [0.2, 0.25) is 0 Å². The van der Waals surface area contributed by atoms with E-state index in [1.54, 1.807) is 12.4 Å². The van der Waals surface area contributed by atoms with Gasteiger partial charge in [-0.2, -0.15) is 0 Å². The molecule has 1 aromatic carbocycles. The average molecular weight is 323 g/mol. The van der Waals surface area contributed by atoms with E-state index < -0.39 is 0 Å². The normalized spacial score (nSPS) is 27.5. The number of aromatic nitrogens is 1. The molecule has 3 atom stereocenters. The summed E-state index contributed by atoms with van der Waals surface area (Å²) in [6.45, 7) is 2.10. The summed E-state index contributed by atoms with van der Waals surface area (Å²) in [4.78, 5) is 6.65. The first-order chi connectivity index (χ1) is 11.8. The van der Waals surface area contributed by atoms with Crippen molar-refractivity contribution in [3.8, 4) is 5.75 Å². The Labute approximate surface area is 143 Å². The lowest BCUT2D eigenvalue weighted by molar-refractivity contribution is 0.0367. The number of aryl methyl sites for hydroxylation is 1. The summed E-state index contributed by atoms with van der Waals surface area (Å²) >= 11 is 0. The van der Waals surface area contributed by atoms with Crippen LogP contribution in [0.25, 0.3) is 0 Å². The van der Waals surface area contributed by atoms with Gasteiger partial charge in [0.05, 0.1) is 6.04 Å². The predicted molar refractivity (Wildman–Crippen MR) is 94.9 cm³/mol. The lowest BCUT2D eigenvalue weighted by Gasteiger charge is -2.43. The second kappa shape index (κ2) is 6.91. The molecule has 0 spiro atoms. The van der Waals surface area contributed by atoms with Crippen molar-refractivity contribution in [3.63, 3.8) is 0 Å². The van der Waals surface area contributed by atoms with Crippen LogP contribution in [0.5, 0.6) is 5.75 Å². The number of nitrogens with zero attached hydrogens (tertiary/aromatic N) is 2. The van der Waals surface area contributed by atoms with E-state index in [-0.39, 0.29) is 12.1 Å². The molecule has 1 aliphatic carbocycles. The molecule has 0 unspecified atom stereocenters. The summed E-state index contributed by atoms with van der Waals surface area (Å²) in [5.74, 6) is 0.887. The van der Waals surface area contributed by atoms with E-state index in [9.17, 15) is 0 Å². The van der Waals surface area contributed by atoms with Crippen LogP contribution in [-0.4, -0.2) is 35.1 Å². The maximum absolute atomic E-state index is 6.46. The maximum Gasteiger partial charge on any atom is 0.139 e. The van der Waals surface area contributed by atoms with Gasteiger partial charge >= 0.3 is 0 Å². The van der Waals surface area contributed by atoms with Crippen molar-refractivity contribution in [2.24, 2.45) is 5.73 Å². The van der Waals surface area contributed by atoms with Gasteiger partial charge in [0.25, 0.3) is 0 Å². The van der Waals surface area contributed by atoms with Crippen LogP contribution in [-0.2, 0) is 6.42 Å². The lowest BCUT2D eigenvalue weighted by Crippen LogP contribution is -2.51. The molecule has 1 aromatic heterocycles. The number of ether oxygens (including phenoxy) is 1. The van der Waals surface area contributed by atoms with Crippen LogP contribution in [0, 0.1) is 0 Å². The van der Waals surface area contributed by atoms with Crippen molar-refractivity contribution in [1.82, 2.24) is 9.88 Å². The Morgan fingerprint density at radius 2 is 1.92 bits per heavy atom. The zero-order chi connectivity index (χ0) is 16.4. The highest BCUT2D eigenvalue weighted by Gasteiger charge is 2.36. The second-order valence-corrected chi connectivity index (χ2v) is 6.92. The molecule has 24 heavy (non-hydrogen) atoms. The van der Waals surface area contributed by atoms with E-state index in [2.05, 4.69) is 34.1 Å². The standard InChI is InChI=1S/C20H25N3O/c21-16-5-3-13-23(14-16)19-8-7-15-4-1-2-6-18(15)20(19)24-17-9-11-22-12-10-17/h1-2,4,6,9-12,16,19-20H,3,5,7-8,13-14,21H2/t16-,19-,20-/m0/s1. The Morgan fingerprint density at radius 1 is 1.08 bits per heavy atom. The summed E-state index contributed by atoms with van der Waals surface area (Å²) in [5.41, 5.74) is 8.97. The van der Waals surface area contributed by atoms with Crippen molar-refractivity contribution in [3.05, 3.63) is 59.9 Å². The Hall–Kier alpha value is -1.91. The highest BCUT2D eigenvalue weighted by molar-refractivity contribution is 5.34. The van der Waals surface area contributed by atoms with Gasteiger partial charge in [-0.25, -0.2) is 0 Å². The van der Waals surface area contributed by atoms with Gasteiger partial charge in [0.15, 0.2) is 0 Å². The molecule has 1 saturated heterocycles. The van der Waals surface area contributed by atoms with Crippen molar-refractivity contribution in [1.29, 1.82) is 0 Å². The summed E-state index contributed by atoms with van der Waals surface area (Å²) in [6.07, 6.45) is 8.19. The predicted octanol–water partition coefficient (Wildman–Crippen LogP) is 2.94. The van der Waals surface area contributed by atoms with Crippen LogP contribution >= 0.6 is 0 Å². The van der Waals surface area contributed by atoms with Crippen molar-refractivity contribution >= 4 is 0 Å². The molecule has 0 amide bonds. The molecule has 4 nitrogen and oxygen atoms in total. The Balaban J connectivity index is 1.65. The third-order valence-electron chi connectivity index (χ3n) is 5.29. The number of pyridine rings is 1. The minimum atomic E-state index is 0.0580. The summed E-state index contributed by atoms with van der Waals surface area (Å²) < 4.78 is 6.46. The fraction of sp³-hybridized carbons (Fsp3) is 0.450. The number of rotatable bonds is 3. The molecule has 1 aliphatic heterocycles. The van der Waals surface area contributed by atoms with Gasteiger partial charge in [-0.1, -0.05) is 24.3 Å². The van der Waals surface area contributed by atoms with Gasteiger partial charge in [0.2, 0.25) is 0 Å².